The van der Waals surface area contributed by atoms with Crippen molar-refractivity contribution in [3.63, 3.8) is 0 Å². The fourth-order valence-electron chi connectivity index (χ4n) is 2.62. The average Bonchev–Trinajstić information content (AvgIpc) is 3.04. The highest BCUT2D eigenvalue weighted by molar-refractivity contribution is 6.33. The Labute approximate surface area is 139 Å². The Morgan fingerprint density at radius 3 is 2.57 bits per heavy atom. The summed E-state index contributed by atoms with van der Waals surface area (Å²) < 4.78 is 5.93. The van der Waals surface area contributed by atoms with Crippen LogP contribution in [0, 0.1) is 0 Å². The van der Waals surface area contributed by atoms with E-state index in [1.807, 2.05) is 24.3 Å². The van der Waals surface area contributed by atoms with Gasteiger partial charge in [0, 0.05) is 11.9 Å². The van der Waals surface area contributed by atoms with Crippen LogP contribution in [0.1, 0.15) is 36.0 Å². The number of carbonyl (C=O) groups excluding carboxylic acids is 1. The molecule has 1 amide bonds. The molecule has 0 aliphatic heterocycles. The predicted molar refractivity (Wildman–Crippen MR) is 90.4 cm³/mol. The molecule has 120 valence electrons. The predicted octanol–water partition coefficient (Wildman–Crippen LogP) is 3.90. The summed E-state index contributed by atoms with van der Waals surface area (Å²) in [5.74, 6) is 0.783. The lowest BCUT2D eigenvalue weighted by molar-refractivity contribution is 0.1000. The van der Waals surface area contributed by atoms with Crippen LogP contribution in [0.2, 0.25) is 5.02 Å². The molecular formula is C17H18ClN3O2. The lowest BCUT2D eigenvalue weighted by Crippen LogP contribution is -2.11. The van der Waals surface area contributed by atoms with Gasteiger partial charge in [0.15, 0.2) is 0 Å². The van der Waals surface area contributed by atoms with Crippen molar-refractivity contribution in [2.45, 2.75) is 31.8 Å². The van der Waals surface area contributed by atoms with Gasteiger partial charge in [0.25, 0.3) is 0 Å². The summed E-state index contributed by atoms with van der Waals surface area (Å²) in [6.07, 6.45) is 6.49. The lowest BCUT2D eigenvalue weighted by atomic mass is 10.2. The number of primary amides is 1. The summed E-state index contributed by atoms with van der Waals surface area (Å²) in [5, 5.41) is 3.45. The second-order valence-corrected chi connectivity index (χ2v) is 6.00. The van der Waals surface area contributed by atoms with Crippen LogP contribution >= 0.6 is 11.6 Å². The molecule has 23 heavy (non-hydrogen) atoms. The van der Waals surface area contributed by atoms with Crippen molar-refractivity contribution in [3.8, 4) is 5.75 Å². The summed E-state index contributed by atoms with van der Waals surface area (Å²) in [4.78, 5) is 15.2. The van der Waals surface area contributed by atoms with E-state index < -0.39 is 5.91 Å². The molecule has 1 heterocycles. The van der Waals surface area contributed by atoms with E-state index >= 15 is 0 Å². The summed E-state index contributed by atoms with van der Waals surface area (Å²) in [6.45, 7) is 0. The van der Waals surface area contributed by atoms with E-state index in [0.29, 0.717) is 16.9 Å². The van der Waals surface area contributed by atoms with Gasteiger partial charge in [-0.2, -0.15) is 0 Å². The number of pyridine rings is 1. The quantitative estimate of drug-likeness (QED) is 0.871. The summed E-state index contributed by atoms with van der Waals surface area (Å²) in [5.41, 5.74) is 6.31. The van der Waals surface area contributed by atoms with Gasteiger partial charge in [-0.1, -0.05) is 11.6 Å². The molecule has 0 bridgehead atoms. The Bertz CT molecular complexity index is 697. The molecule has 1 fully saturated rings. The number of hydrogen-bond acceptors (Lipinski definition) is 4. The SMILES string of the molecule is NC(=O)c1cnc(Nc2ccc(OC3CCCC3)cc2)c(Cl)c1. The second kappa shape index (κ2) is 6.87. The Morgan fingerprint density at radius 1 is 1.26 bits per heavy atom. The highest BCUT2D eigenvalue weighted by Crippen LogP contribution is 2.27. The molecule has 0 spiro atoms. The first kappa shape index (κ1) is 15.6. The largest absolute Gasteiger partial charge is 0.490 e. The average molecular weight is 332 g/mol. The number of halogens is 1. The van der Waals surface area contributed by atoms with Crippen molar-refractivity contribution in [2.75, 3.05) is 5.32 Å². The topological polar surface area (TPSA) is 77.2 Å². The van der Waals surface area contributed by atoms with Gasteiger partial charge in [-0.05, 0) is 56.0 Å². The maximum atomic E-state index is 11.1. The van der Waals surface area contributed by atoms with Crippen molar-refractivity contribution in [1.29, 1.82) is 0 Å². The number of aromatic nitrogens is 1. The highest BCUT2D eigenvalue weighted by atomic mass is 35.5. The Balaban J connectivity index is 1.67. The third kappa shape index (κ3) is 3.93. The van der Waals surface area contributed by atoms with Crippen LogP contribution in [-0.4, -0.2) is 17.0 Å². The molecular weight excluding hydrogens is 314 g/mol. The van der Waals surface area contributed by atoms with E-state index in [0.717, 1.165) is 24.3 Å². The minimum Gasteiger partial charge on any atom is -0.490 e. The molecule has 1 aliphatic carbocycles. The van der Waals surface area contributed by atoms with Gasteiger partial charge in [-0.15, -0.1) is 0 Å². The van der Waals surface area contributed by atoms with Crippen LogP contribution in [0.25, 0.3) is 0 Å². The first-order valence-corrected chi connectivity index (χ1v) is 7.99. The van der Waals surface area contributed by atoms with Crippen LogP contribution in [0.15, 0.2) is 36.5 Å². The van der Waals surface area contributed by atoms with E-state index in [9.17, 15) is 4.79 Å². The monoisotopic (exact) mass is 331 g/mol. The third-order valence-electron chi connectivity index (χ3n) is 3.85. The molecule has 6 heteroatoms. The zero-order valence-corrected chi connectivity index (χ0v) is 13.3. The molecule has 5 nitrogen and oxygen atoms in total. The smallest absolute Gasteiger partial charge is 0.250 e. The van der Waals surface area contributed by atoms with Gasteiger partial charge in [0.2, 0.25) is 5.91 Å². The fraction of sp³-hybridized carbons (Fsp3) is 0.294. The van der Waals surface area contributed by atoms with Crippen LogP contribution in [-0.2, 0) is 0 Å². The Morgan fingerprint density at radius 2 is 1.96 bits per heavy atom. The van der Waals surface area contributed by atoms with Gasteiger partial charge in [0.1, 0.15) is 11.6 Å². The van der Waals surface area contributed by atoms with Gasteiger partial charge in [-0.25, -0.2) is 4.98 Å². The molecule has 1 aromatic heterocycles. The zero-order chi connectivity index (χ0) is 16.2. The van der Waals surface area contributed by atoms with Crippen molar-refractivity contribution >= 4 is 29.0 Å². The van der Waals surface area contributed by atoms with Crippen molar-refractivity contribution in [2.24, 2.45) is 5.73 Å². The van der Waals surface area contributed by atoms with E-state index in [2.05, 4.69) is 10.3 Å². The minimum atomic E-state index is -0.556. The van der Waals surface area contributed by atoms with Gasteiger partial charge >= 0.3 is 0 Å². The van der Waals surface area contributed by atoms with E-state index in [1.54, 1.807) is 0 Å². The number of ether oxygens (including phenoxy) is 1. The number of nitrogens with zero attached hydrogens (tertiary/aromatic N) is 1. The molecule has 0 atom stereocenters. The number of nitrogens with one attached hydrogen (secondary N) is 1. The normalized spacial score (nSPS) is 14.7. The van der Waals surface area contributed by atoms with Gasteiger partial charge in [0.05, 0.1) is 16.7 Å². The number of nitrogens with two attached hydrogens (primary N) is 1. The molecule has 3 rings (SSSR count). The van der Waals surface area contributed by atoms with Gasteiger partial charge in [-0.3, -0.25) is 4.79 Å². The fourth-order valence-corrected chi connectivity index (χ4v) is 2.83. The zero-order valence-electron chi connectivity index (χ0n) is 12.6. The number of rotatable bonds is 5. The lowest BCUT2D eigenvalue weighted by Gasteiger charge is -2.14. The number of benzene rings is 1. The van der Waals surface area contributed by atoms with Crippen LogP contribution < -0.4 is 15.8 Å². The third-order valence-corrected chi connectivity index (χ3v) is 4.14. The molecule has 0 unspecified atom stereocenters. The first-order valence-electron chi connectivity index (χ1n) is 7.61. The molecule has 2 aromatic rings. The number of anilines is 2. The van der Waals surface area contributed by atoms with E-state index in [4.69, 9.17) is 22.1 Å². The maximum absolute atomic E-state index is 11.1. The number of hydrogen-bond donors (Lipinski definition) is 2. The molecule has 1 aromatic carbocycles. The van der Waals surface area contributed by atoms with Crippen molar-refractivity contribution in [1.82, 2.24) is 4.98 Å². The Kier molecular flexibility index (Phi) is 4.67. The molecule has 0 saturated heterocycles. The van der Waals surface area contributed by atoms with E-state index in [1.165, 1.54) is 25.1 Å². The molecule has 3 N–H and O–H groups in total. The van der Waals surface area contributed by atoms with Crippen LogP contribution in [0.3, 0.4) is 0 Å². The Hall–Kier alpha value is -2.27. The summed E-state index contributed by atoms with van der Waals surface area (Å²) >= 11 is 6.11. The summed E-state index contributed by atoms with van der Waals surface area (Å²) in [7, 11) is 0. The van der Waals surface area contributed by atoms with Gasteiger partial charge < -0.3 is 15.8 Å². The highest BCUT2D eigenvalue weighted by Gasteiger charge is 2.16. The second-order valence-electron chi connectivity index (χ2n) is 5.59. The van der Waals surface area contributed by atoms with Crippen molar-refractivity contribution < 1.29 is 9.53 Å². The minimum absolute atomic E-state index is 0.279. The maximum Gasteiger partial charge on any atom is 0.250 e. The van der Waals surface area contributed by atoms with E-state index in [-0.39, 0.29) is 5.56 Å². The molecule has 0 radical (unpaired) electrons. The number of carbonyl (C=O) groups is 1. The molecule has 1 saturated carbocycles. The van der Waals surface area contributed by atoms with Crippen molar-refractivity contribution in [3.05, 3.63) is 47.1 Å². The standard InChI is InChI=1S/C17H18ClN3O2/c18-15-9-11(16(19)22)10-20-17(15)21-12-5-7-14(8-6-12)23-13-3-1-2-4-13/h5-10,13H,1-4H2,(H2,19,22)(H,20,21). The van der Waals surface area contributed by atoms with Crippen LogP contribution in [0.5, 0.6) is 5.75 Å². The molecule has 1 aliphatic rings. The number of amides is 1. The summed E-state index contributed by atoms with van der Waals surface area (Å²) in [6, 6.07) is 9.16. The van der Waals surface area contributed by atoms with Crippen LogP contribution in [0.4, 0.5) is 11.5 Å². The first-order chi connectivity index (χ1) is 11.1.